The number of hydrogen-bond donors (Lipinski definition) is 1. The summed E-state index contributed by atoms with van der Waals surface area (Å²) in [5, 5.41) is 2.36. The van der Waals surface area contributed by atoms with E-state index in [-0.39, 0.29) is 29.7 Å². The third-order valence-electron chi connectivity index (χ3n) is 6.84. The minimum Gasteiger partial charge on any atom is -0.368 e. The third kappa shape index (κ3) is 2.94. The number of nitrogens with zero attached hydrogens (tertiary/aromatic N) is 3. The first kappa shape index (κ1) is 18.6. The Hall–Kier alpha value is -2.41. The van der Waals surface area contributed by atoms with E-state index in [9.17, 15) is 14.4 Å². The largest absolute Gasteiger partial charge is 0.368 e. The zero-order valence-electron chi connectivity index (χ0n) is 17.3. The van der Waals surface area contributed by atoms with Gasteiger partial charge in [-0.05, 0) is 57.4 Å². The van der Waals surface area contributed by atoms with Crippen molar-refractivity contribution < 1.29 is 14.4 Å². The molecule has 3 unspecified atom stereocenters. The second kappa shape index (κ2) is 6.29. The quantitative estimate of drug-likeness (QED) is 0.768. The normalized spacial score (nSPS) is 29.6. The maximum Gasteiger partial charge on any atom is 0.255 e. The molecule has 0 spiro atoms. The highest BCUT2D eigenvalue weighted by Crippen LogP contribution is 2.40. The first-order valence-corrected chi connectivity index (χ1v) is 10.5. The summed E-state index contributed by atoms with van der Waals surface area (Å²) in [4.78, 5) is 43.2. The maximum atomic E-state index is 12.9. The Balaban J connectivity index is 1.32. The van der Waals surface area contributed by atoms with Crippen molar-refractivity contribution in [1.82, 2.24) is 15.1 Å². The van der Waals surface area contributed by atoms with Crippen LogP contribution in [-0.2, 0) is 16.1 Å². The first-order valence-electron chi connectivity index (χ1n) is 10.5. The van der Waals surface area contributed by atoms with Gasteiger partial charge in [0.25, 0.3) is 5.91 Å². The monoisotopic (exact) mass is 396 g/mol. The van der Waals surface area contributed by atoms with Crippen LogP contribution in [0.2, 0.25) is 0 Å². The van der Waals surface area contributed by atoms with Gasteiger partial charge in [-0.2, -0.15) is 0 Å². The minimum absolute atomic E-state index is 0.110. The molecule has 4 fully saturated rings. The van der Waals surface area contributed by atoms with Gasteiger partial charge in [0.15, 0.2) is 0 Å². The standard InChI is InChI=1S/C22H28N4O3/c1-22(2,3)26-15-9-16(26)12-24(11-15)14-4-5-17-13(8-14)10-25(21(17)29)18-6-7-19(27)23-20(18)28/h4-5,8,15-16,18H,6-7,9-12H2,1-3H3,(H,23,27,28). The number of piperidine rings is 2. The van der Waals surface area contributed by atoms with Crippen molar-refractivity contribution in [3.8, 4) is 0 Å². The Morgan fingerprint density at radius 1 is 1.07 bits per heavy atom. The van der Waals surface area contributed by atoms with Crippen LogP contribution < -0.4 is 10.2 Å². The minimum atomic E-state index is -0.556. The summed E-state index contributed by atoms with van der Waals surface area (Å²) in [6.45, 7) is 9.31. The van der Waals surface area contributed by atoms with Crippen molar-refractivity contribution in [2.75, 3.05) is 18.0 Å². The van der Waals surface area contributed by atoms with Crippen LogP contribution in [0.15, 0.2) is 18.2 Å². The van der Waals surface area contributed by atoms with Gasteiger partial charge in [0, 0.05) is 54.9 Å². The number of fused-ring (bicyclic) bond motifs is 3. The van der Waals surface area contributed by atoms with Gasteiger partial charge < -0.3 is 9.80 Å². The van der Waals surface area contributed by atoms with Crippen LogP contribution in [0.5, 0.6) is 0 Å². The van der Waals surface area contributed by atoms with Crippen LogP contribution in [0.3, 0.4) is 0 Å². The maximum absolute atomic E-state index is 12.9. The molecule has 6 rings (SSSR count). The molecule has 0 aromatic heterocycles. The van der Waals surface area contributed by atoms with Crippen LogP contribution in [0, 0.1) is 0 Å². The Morgan fingerprint density at radius 2 is 1.79 bits per heavy atom. The summed E-state index contributed by atoms with van der Waals surface area (Å²) in [7, 11) is 0. The number of piperazine rings is 1. The molecule has 3 atom stereocenters. The molecule has 1 aromatic carbocycles. The molecule has 5 aliphatic rings. The lowest BCUT2D eigenvalue weighted by molar-refractivity contribution is -0.136. The molecule has 3 amide bonds. The zero-order chi connectivity index (χ0) is 20.5. The number of hydrogen-bond acceptors (Lipinski definition) is 5. The molecule has 7 heteroatoms. The predicted octanol–water partition coefficient (Wildman–Crippen LogP) is 1.51. The summed E-state index contributed by atoms with van der Waals surface area (Å²) < 4.78 is 0. The van der Waals surface area contributed by atoms with Gasteiger partial charge in [0.2, 0.25) is 11.8 Å². The fourth-order valence-electron chi connectivity index (χ4n) is 5.67. The van der Waals surface area contributed by atoms with E-state index in [0.717, 1.165) is 24.3 Å². The number of imide groups is 1. The third-order valence-corrected chi connectivity index (χ3v) is 6.84. The van der Waals surface area contributed by atoms with Crippen LogP contribution in [0.4, 0.5) is 5.69 Å². The highest BCUT2D eigenvalue weighted by Gasteiger charge is 2.49. The lowest BCUT2D eigenvalue weighted by atomic mass is 9.82. The number of anilines is 1. The highest BCUT2D eigenvalue weighted by molar-refractivity contribution is 6.05. The van der Waals surface area contributed by atoms with Gasteiger partial charge in [-0.3, -0.25) is 24.6 Å². The molecule has 0 aliphatic carbocycles. The molecular weight excluding hydrogens is 368 g/mol. The smallest absolute Gasteiger partial charge is 0.255 e. The summed E-state index contributed by atoms with van der Waals surface area (Å²) in [6.07, 6.45) is 1.94. The van der Waals surface area contributed by atoms with Gasteiger partial charge >= 0.3 is 0 Å². The van der Waals surface area contributed by atoms with Gasteiger partial charge in [0.05, 0.1) is 0 Å². The van der Waals surface area contributed by atoms with Crippen LogP contribution >= 0.6 is 0 Å². The molecular formula is C22H28N4O3. The number of carbonyl (C=O) groups excluding carboxylic acids is 3. The molecule has 0 radical (unpaired) electrons. The summed E-state index contributed by atoms with van der Waals surface area (Å²) in [5.41, 5.74) is 3.01. The molecule has 7 nitrogen and oxygen atoms in total. The molecule has 154 valence electrons. The fraction of sp³-hybridized carbons (Fsp3) is 0.591. The lowest BCUT2D eigenvalue weighted by Crippen LogP contribution is -2.73. The number of carbonyl (C=O) groups is 3. The van der Waals surface area contributed by atoms with E-state index in [1.165, 1.54) is 6.42 Å². The van der Waals surface area contributed by atoms with Crippen molar-refractivity contribution >= 4 is 23.4 Å². The summed E-state index contributed by atoms with van der Waals surface area (Å²) >= 11 is 0. The fourth-order valence-corrected chi connectivity index (χ4v) is 5.67. The highest BCUT2D eigenvalue weighted by atomic mass is 16.2. The number of nitrogens with one attached hydrogen (secondary N) is 1. The Labute approximate surface area is 171 Å². The van der Waals surface area contributed by atoms with Crippen LogP contribution in [0.1, 0.15) is 56.0 Å². The number of rotatable bonds is 2. The Bertz CT molecular complexity index is 894. The van der Waals surface area contributed by atoms with E-state index in [2.05, 4.69) is 42.0 Å². The van der Waals surface area contributed by atoms with E-state index in [1.807, 2.05) is 12.1 Å². The second-order valence-corrected chi connectivity index (χ2v) is 9.77. The van der Waals surface area contributed by atoms with Gasteiger partial charge in [-0.1, -0.05) is 0 Å². The molecule has 1 aromatic rings. The molecule has 5 aliphatic heterocycles. The number of benzene rings is 1. The Kier molecular flexibility index (Phi) is 4.04. The van der Waals surface area contributed by atoms with E-state index in [4.69, 9.17) is 0 Å². The molecule has 4 saturated heterocycles. The van der Waals surface area contributed by atoms with E-state index in [0.29, 0.717) is 30.6 Å². The van der Waals surface area contributed by atoms with Crippen molar-refractivity contribution in [2.24, 2.45) is 0 Å². The van der Waals surface area contributed by atoms with Gasteiger partial charge in [0.1, 0.15) is 6.04 Å². The first-order chi connectivity index (χ1) is 13.7. The van der Waals surface area contributed by atoms with E-state index < -0.39 is 6.04 Å². The van der Waals surface area contributed by atoms with Crippen molar-refractivity contribution in [3.63, 3.8) is 0 Å². The SMILES string of the molecule is CC(C)(C)N1C2CC1CN(c1ccc3c(c1)CN(C1CCC(=O)NC1=O)C3=O)C2. The molecule has 5 heterocycles. The lowest BCUT2D eigenvalue weighted by Gasteiger charge is -2.62. The molecule has 1 N–H and O–H groups in total. The van der Waals surface area contributed by atoms with Crippen molar-refractivity contribution in [2.45, 2.75) is 70.2 Å². The molecule has 29 heavy (non-hydrogen) atoms. The topological polar surface area (TPSA) is 73.0 Å². The average Bonchev–Trinajstić information content (AvgIpc) is 2.96. The number of amides is 3. The zero-order valence-corrected chi connectivity index (χ0v) is 17.3. The van der Waals surface area contributed by atoms with E-state index in [1.54, 1.807) is 4.90 Å². The molecule has 2 bridgehead atoms. The van der Waals surface area contributed by atoms with Gasteiger partial charge in [-0.25, -0.2) is 0 Å². The summed E-state index contributed by atoms with van der Waals surface area (Å²) in [6, 6.07) is 6.68. The van der Waals surface area contributed by atoms with Crippen LogP contribution in [-0.4, -0.2) is 64.3 Å². The second-order valence-electron chi connectivity index (χ2n) is 9.77. The van der Waals surface area contributed by atoms with Crippen molar-refractivity contribution in [3.05, 3.63) is 29.3 Å². The van der Waals surface area contributed by atoms with E-state index >= 15 is 0 Å². The van der Waals surface area contributed by atoms with Crippen LogP contribution in [0.25, 0.3) is 0 Å². The molecule has 0 saturated carbocycles. The average molecular weight is 396 g/mol. The van der Waals surface area contributed by atoms with Gasteiger partial charge in [-0.15, -0.1) is 0 Å². The summed E-state index contributed by atoms with van der Waals surface area (Å²) in [5.74, 6) is -0.729. The Morgan fingerprint density at radius 3 is 2.45 bits per heavy atom. The predicted molar refractivity (Wildman–Crippen MR) is 108 cm³/mol. The van der Waals surface area contributed by atoms with Crippen molar-refractivity contribution in [1.29, 1.82) is 0 Å².